The number of aromatic nitrogens is 2. The van der Waals surface area contributed by atoms with E-state index in [-0.39, 0.29) is 18.2 Å². The number of carbonyl (C=O) groups excluding carboxylic acids is 3. The van der Waals surface area contributed by atoms with Crippen LogP contribution in [0.15, 0.2) is 35.7 Å². The molecular formula is C41H51N5O7S2. The topological polar surface area (TPSA) is 157 Å². The third kappa shape index (κ3) is 7.60. The molecule has 2 N–H and O–H groups in total. The van der Waals surface area contributed by atoms with Gasteiger partial charge in [-0.1, -0.05) is 31.4 Å². The van der Waals surface area contributed by atoms with Gasteiger partial charge in [-0.15, -0.1) is 11.3 Å². The zero-order valence-corrected chi connectivity index (χ0v) is 33.5. The van der Waals surface area contributed by atoms with E-state index >= 15 is 0 Å². The van der Waals surface area contributed by atoms with Gasteiger partial charge in [0.1, 0.15) is 23.1 Å². The summed E-state index contributed by atoms with van der Waals surface area (Å²) in [4.78, 5) is 54.0. The van der Waals surface area contributed by atoms with Gasteiger partial charge in [0.15, 0.2) is 0 Å². The molecule has 4 aliphatic carbocycles. The van der Waals surface area contributed by atoms with Gasteiger partial charge in [-0.3, -0.25) is 19.1 Å². The predicted molar refractivity (Wildman–Crippen MR) is 210 cm³/mol. The van der Waals surface area contributed by atoms with E-state index < -0.39 is 50.6 Å². The molecule has 14 heteroatoms. The summed E-state index contributed by atoms with van der Waals surface area (Å²) in [6, 6.07) is 5.74. The summed E-state index contributed by atoms with van der Waals surface area (Å²) in [7, 11) is -0.422. The van der Waals surface area contributed by atoms with Crippen LogP contribution in [-0.4, -0.2) is 78.6 Å². The number of carbonyl (C=O) groups is 3. The highest BCUT2D eigenvalue weighted by atomic mass is 32.2. The summed E-state index contributed by atoms with van der Waals surface area (Å²) in [5.41, 5.74) is 1.67. The number of nitrogens with zero attached hydrogens (tertiary/aromatic N) is 3. The Morgan fingerprint density at radius 3 is 2.55 bits per heavy atom. The third-order valence-corrected chi connectivity index (χ3v) is 15.2. The van der Waals surface area contributed by atoms with Gasteiger partial charge in [0.2, 0.25) is 21.8 Å². The van der Waals surface area contributed by atoms with Crippen molar-refractivity contribution < 1.29 is 32.3 Å². The van der Waals surface area contributed by atoms with Crippen molar-refractivity contribution in [2.45, 2.75) is 113 Å². The zero-order chi connectivity index (χ0) is 38.5. The molecule has 5 aliphatic rings. The SMILES string of the molecule is COc1ccc2c(O[C@@H]3C[C@H]4C(=O)NC5(C(=O)NS(=O)(=O)C6CC6)C[C@@H]5C=CCCCCN(C)C(=O)[C@@H]4C3)cc(-c3csc(C4CCCCC4)n3)nc2c1C. The van der Waals surface area contributed by atoms with E-state index in [1.807, 2.05) is 37.3 Å². The van der Waals surface area contributed by atoms with E-state index in [2.05, 4.69) is 15.4 Å². The summed E-state index contributed by atoms with van der Waals surface area (Å²) < 4.78 is 40.4. The minimum absolute atomic E-state index is 0.139. The number of ether oxygens (including phenoxy) is 2. The quantitative estimate of drug-likeness (QED) is 0.255. The molecule has 0 radical (unpaired) electrons. The fourth-order valence-electron chi connectivity index (χ4n) is 8.84. The first kappa shape index (κ1) is 37.9. The van der Waals surface area contributed by atoms with Crippen LogP contribution in [0.25, 0.3) is 22.3 Å². The highest BCUT2D eigenvalue weighted by Crippen LogP contribution is 2.47. The first-order valence-electron chi connectivity index (χ1n) is 19.9. The molecule has 12 nitrogen and oxygen atoms in total. The van der Waals surface area contributed by atoms with E-state index in [1.54, 1.807) is 30.4 Å². The van der Waals surface area contributed by atoms with Gasteiger partial charge in [-0.25, -0.2) is 18.4 Å². The van der Waals surface area contributed by atoms with Gasteiger partial charge in [0, 0.05) is 47.8 Å². The first-order chi connectivity index (χ1) is 26.5. The maximum absolute atomic E-state index is 14.4. The van der Waals surface area contributed by atoms with Crippen molar-refractivity contribution in [3.8, 4) is 22.9 Å². The maximum atomic E-state index is 14.4. The van der Waals surface area contributed by atoms with Crippen molar-refractivity contribution in [1.82, 2.24) is 24.9 Å². The van der Waals surface area contributed by atoms with Crippen LogP contribution in [-0.2, 0) is 24.4 Å². The van der Waals surface area contributed by atoms with Crippen LogP contribution in [0.2, 0.25) is 0 Å². The van der Waals surface area contributed by atoms with Gasteiger partial charge in [-0.2, -0.15) is 0 Å². The number of fused-ring (bicyclic) bond motifs is 3. The van der Waals surface area contributed by atoms with E-state index in [1.165, 1.54) is 19.3 Å². The fraction of sp³-hybridized carbons (Fsp3) is 0.585. The second-order valence-corrected chi connectivity index (χ2v) is 19.1. The number of thiazole rings is 1. The van der Waals surface area contributed by atoms with E-state index in [0.29, 0.717) is 55.3 Å². The van der Waals surface area contributed by atoms with Crippen LogP contribution < -0.4 is 19.5 Å². The number of sulfonamides is 1. The summed E-state index contributed by atoms with van der Waals surface area (Å²) >= 11 is 1.68. The Balaban J connectivity index is 1.10. The average Bonchev–Trinajstić information content (AvgIpc) is 4.06. The van der Waals surface area contributed by atoms with Crippen LogP contribution in [0.4, 0.5) is 0 Å². The zero-order valence-electron chi connectivity index (χ0n) is 31.8. The number of hydrogen-bond donors (Lipinski definition) is 2. The van der Waals surface area contributed by atoms with Crippen molar-refractivity contribution in [3.63, 3.8) is 0 Å². The maximum Gasteiger partial charge on any atom is 0.259 e. The highest BCUT2D eigenvalue weighted by Gasteiger charge is 2.62. The van der Waals surface area contributed by atoms with Gasteiger partial charge in [0.05, 0.1) is 46.1 Å². The molecule has 5 atom stereocenters. The number of nitrogens with one attached hydrogen (secondary N) is 2. The Morgan fingerprint density at radius 2 is 1.78 bits per heavy atom. The molecule has 55 heavy (non-hydrogen) atoms. The lowest BCUT2D eigenvalue weighted by Gasteiger charge is -2.26. The van der Waals surface area contributed by atoms with Crippen LogP contribution in [0.5, 0.6) is 11.5 Å². The van der Waals surface area contributed by atoms with Crippen molar-refractivity contribution in [2.24, 2.45) is 17.8 Å². The summed E-state index contributed by atoms with van der Waals surface area (Å²) in [6.07, 6.45) is 13.7. The highest BCUT2D eigenvalue weighted by molar-refractivity contribution is 7.91. The van der Waals surface area contributed by atoms with Crippen LogP contribution in [0.1, 0.15) is 100.0 Å². The number of aryl methyl sites for hydroxylation is 1. The number of rotatable bonds is 8. The molecule has 0 spiro atoms. The minimum Gasteiger partial charge on any atom is -0.496 e. The molecule has 3 amide bonds. The number of allylic oxidation sites excluding steroid dienone is 1. The molecule has 0 bridgehead atoms. The van der Waals surface area contributed by atoms with Crippen molar-refractivity contribution in [1.29, 1.82) is 0 Å². The van der Waals surface area contributed by atoms with E-state index in [4.69, 9.17) is 19.4 Å². The molecule has 1 unspecified atom stereocenters. The fourth-order valence-corrected chi connectivity index (χ4v) is 11.2. The smallest absolute Gasteiger partial charge is 0.259 e. The van der Waals surface area contributed by atoms with E-state index in [9.17, 15) is 22.8 Å². The molecule has 3 heterocycles. The number of hydrogen-bond acceptors (Lipinski definition) is 10. The Labute approximate surface area is 326 Å². The van der Waals surface area contributed by atoms with Crippen molar-refractivity contribution in [2.75, 3.05) is 20.7 Å². The van der Waals surface area contributed by atoms with Crippen LogP contribution >= 0.6 is 11.3 Å². The summed E-state index contributed by atoms with van der Waals surface area (Å²) in [6.45, 7) is 2.53. The molecule has 294 valence electrons. The molecule has 2 aromatic heterocycles. The number of amides is 3. The second-order valence-electron chi connectivity index (χ2n) is 16.3. The number of benzene rings is 1. The van der Waals surface area contributed by atoms with Gasteiger partial charge in [0.25, 0.3) is 5.91 Å². The van der Waals surface area contributed by atoms with Crippen LogP contribution in [0, 0.1) is 24.7 Å². The molecule has 3 aromatic rings. The first-order valence-corrected chi connectivity index (χ1v) is 22.3. The lowest BCUT2D eigenvalue weighted by atomic mass is 9.90. The Kier molecular flexibility index (Phi) is 10.4. The third-order valence-electron chi connectivity index (χ3n) is 12.4. The average molecular weight is 790 g/mol. The summed E-state index contributed by atoms with van der Waals surface area (Å²) in [5.74, 6) is -1.36. The van der Waals surface area contributed by atoms with Crippen molar-refractivity contribution >= 4 is 50.0 Å². The Bertz CT molecular complexity index is 2130. The number of methoxy groups -OCH3 is 1. The van der Waals surface area contributed by atoms with Gasteiger partial charge in [-0.05, 0) is 83.3 Å². The van der Waals surface area contributed by atoms with Crippen LogP contribution in [0.3, 0.4) is 0 Å². The molecule has 8 rings (SSSR count). The molecule has 1 aromatic carbocycles. The standard InChI is InChI=1S/C41H51N5O7S2/c1-24-34(52-3)17-16-29-35(21-32(42-36(24)29)33-23-54-38(43-33)25-11-7-6-8-12-25)53-27-19-30-31(20-27)39(48)46(2)18-10-5-4-9-13-26-22-41(26,44-37(30)47)40(49)45-55(50,51)28-14-15-28/h9,13,16-17,21,23,25-28,30-31H,4-8,10-12,14-15,18-20,22H2,1-3H3,(H,44,47)(H,45,49)/t26-,27+,30+,31+,41?/m0/s1. The second kappa shape index (κ2) is 15.1. The van der Waals surface area contributed by atoms with Gasteiger partial charge >= 0.3 is 0 Å². The molecule has 4 fully saturated rings. The summed E-state index contributed by atoms with van der Waals surface area (Å²) in [5, 5.41) is 6.39. The molecular weight excluding hydrogens is 739 g/mol. The Morgan fingerprint density at radius 1 is 1.00 bits per heavy atom. The molecule has 0 saturated heterocycles. The van der Waals surface area contributed by atoms with E-state index in [0.717, 1.165) is 59.3 Å². The largest absolute Gasteiger partial charge is 0.496 e. The predicted octanol–water partition coefficient (Wildman–Crippen LogP) is 6.18. The lowest BCUT2D eigenvalue weighted by Crippen LogP contribution is -2.54. The number of pyridine rings is 1. The normalized spacial score (nSPS) is 27.9. The molecule has 4 saturated carbocycles. The lowest BCUT2D eigenvalue weighted by molar-refractivity contribution is -0.140. The minimum atomic E-state index is -3.83. The monoisotopic (exact) mass is 789 g/mol. The van der Waals surface area contributed by atoms with Crippen molar-refractivity contribution in [3.05, 3.63) is 46.3 Å². The Hall–Kier alpha value is -4.04. The van der Waals surface area contributed by atoms with Gasteiger partial charge < -0.3 is 19.7 Å². The molecule has 1 aliphatic heterocycles.